The van der Waals surface area contributed by atoms with Gasteiger partial charge in [-0.25, -0.2) is 9.37 Å². The van der Waals surface area contributed by atoms with Crippen molar-refractivity contribution >= 4 is 43.8 Å². The van der Waals surface area contributed by atoms with Gasteiger partial charge in [0.1, 0.15) is 6.10 Å². The Balaban J connectivity index is 1.82. The maximum Gasteiger partial charge on any atom is 0.340 e. The molecule has 3 heterocycles. The maximum absolute atomic E-state index is 15.3. The lowest BCUT2D eigenvalue weighted by atomic mass is 10.0. The molecule has 0 spiro atoms. The zero-order chi connectivity index (χ0) is 26.7. The predicted molar refractivity (Wildman–Crippen MR) is 130 cm³/mol. The number of aliphatic hydroxyl groups is 2. The molecule has 0 saturated carbocycles. The van der Waals surface area contributed by atoms with Crippen LogP contribution >= 0.6 is 26.8 Å². The van der Waals surface area contributed by atoms with Gasteiger partial charge in [-0.2, -0.15) is 9.97 Å². The Hall–Kier alpha value is -1.47. The van der Waals surface area contributed by atoms with Gasteiger partial charge in [0.15, 0.2) is 35.3 Å². The summed E-state index contributed by atoms with van der Waals surface area (Å²) in [6, 6.07) is 0. The number of piperidine rings is 1. The first kappa shape index (κ1) is 29.1. The molecule has 2 aromatic heterocycles. The third-order valence-corrected chi connectivity index (χ3v) is 9.15. The number of allylic oxidation sites excluding steroid dienone is 1. The van der Waals surface area contributed by atoms with Gasteiger partial charge >= 0.3 is 15.2 Å². The van der Waals surface area contributed by atoms with Crippen LogP contribution in [0.4, 0.5) is 10.2 Å². The topological polar surface area (TPSA) is 191 Å². The van der Waals surface area contributed by atoms with Crippen LogP contribution in [0.2, 0.25) is 5.28 Å². The quantitative estimate of drug-likeness (QED) is 0.150. The lowest BCUT2D eigenvalue weighted by Gasteiger charge is -2.28. The minimum absolute atomic E-state index is 0.0525. The van der Waals surface area contributed by atoms with Crippen molar-refractivity contribution in [2.45, 2.75) is 51.1 Å². The van der Waals surface area contributed by atoms with Gasteiger partial charge in [0.25, 0.3) is 0 Å². The molecule has 0 aromatic carbocycles. The molecule has 0 aliphatic carbocycles. The predicted octanol–water partition coefficient (Wildman–Crippen LogP) is 2.33. The first-order valence-electron chi connectivity index (χ1n) is 11.2. The van der Waals surface area contributed by atoms with E-state index < -0.39 is 46.2 Å². The van der Waals surface area contributed by atoms with Gasteiger partial charge in [0.05, 0.1) is 12.9 Å². The second-order valence-corrected chi connectivity index (χ2v) is 12.7. The minimum atomic E-state index is -4.87. The number of imidazole rings is 1. The van der Waals surface area contributed by atoms with Crippen LogP contribution in [-0.2, 0) is 13.7 Å². The van der Waals surface area contributed by atoms with Crippen molar-refractivity contribution in [3.8, 4) is 0 Å². The third-order valence-electron chi connectivity index (χ3n) is 5.54. The molecule has 36 heavy (non-hydrogen) atoms. The van der Waals surface area contributed by atoms with E-state index in [0.717, 1.165) is 43.2 Å². The van der Waals surface area contributed by atoms with Crippen molar-refractivity contribution in [1.29, 1.82) is 0 Å². The minimum Gasteiger partial charge on any atom is -0.385 e. The summed E-state index contributed by atoms with van der Waals surface area (Å²) in [4.78, 5) is 42.0. The zero-order valence-corrected chi connectivity index (χ0v) is 21.9. The normalized spacial score (nSPS) is 19.8. The van der Waals surface area contributed by atoms with E-state index in [1.54, 1.807) is 6.92 Å². The summed E-state index contributed by atoms with van der Waals surface area (Å²) in [5, 5.41) is 21.2. The number of alkyl halides is 1. The maximum atomic E-state index is 15.3. The highest BCUT2D eigenvalue weighted by Crippen LogP contribution is 2.55. The van der Waals surface area contributed by atoms with Crippen LogP contribution in [-0.4, -0.2) is 82.3 Å². The zero-order valence-electron chi connectivity index (χ0n) is 19.4. The molecular weight excluding hydrogens is 543 g/mol. The van der Waals surface area contributed by atoms with Gasteiger partial charge in [-0.1, -0.05) is 13.0 Å². The van der Waals surface area contributed by atoms with Crippen molar-refractivity contribution in [3.05, 3.63) is 23.3 Å². The van der Waals surface area contributed by atoms with E-state index in [9.17, 15) is 24.2 Å². The van der Waals surface area contributed by atoms with Crippen molar-refractivity contribution < 1.29 is 42.9 Å². The molecule has 2 aromatic rings. The number of nitrogens with zero attached hydrogens (tertiary/aromatic N) is 5. The van der Waals surface area contributed by atoms with Crippen LogP contribution in [0, 0.1) is 0 Å². The second kappa shape index (κ2) is 11.9. The van der Waals surface area contributed by atoms with E-state index in [2.05, 4.69) is 15.0 Å². The highest BCUT2D eigenvalue weighted by Gasteiger charge is 2.35. The van der Waals surface area contributed by atoms with Crippen LogP contribution in [0.25, 0.3) is 11.2 Å². The van der Waals surface area contributed by atoms with Gasteiger partial charge in [0, 0.05) is 13.1 Å². The van der Waals surface area contributed by atoms with E-state index in [4.69, 9.17) is 25.9 Å². The van der Waals surface area contributed by atoms with Gasteiger partial charge in [-0.15, -0.1) is 0 Å². The van der Waals surface area contributed by atoms with E-state index in [1.807, 2.05) is 4.90 Å². The Morgan fingerprint density at radius 3 is 2.50 bits per heavy atom. The molecule has 0 radical (unpaired) electrons. The number of fused-ring (bicyclic) bond motifs is 1. The molecule has 0 amide bonds. The van der Waals surface area contributed by atoms with Crippen molar-refractivity contribution in [1.82, 2.24) is 19.5 Å². The van der Waals surface area contributed by atoms with Crippen molar-refractivity contribution in [2.75, 3.05) is 30.5 Å². The number of halogens is 2. The Morgan fingerprint density at radius 1 is 1.22 bits per heavy atom. The average molecular weight is 572 g/mol. The molecule has 1 unspecified atom stereocenters. The lowest BCUT2D eigenvalue weighted by Crippen LogP contribution is -2.34. The van der Waals surface area contributed by atoms with E-state index in [-0.39, 0.29) is 22.9 Å². The van der Waals surface area contributed by atoms with Crippen molar-refractivity contribution in [2.24, 2.45) is 0 Å². The number of hydrogen-bond donors (Lipinski definition) is 5. The summed E-state index contributed by atoms with van der Waals surface area (Å²) in [5.41, 5.74) is 0.153. The Morgan fingerprint density at radius 2 is 1.89 bits per heavy atom. The van der Waals surface area contributed by atoms with E-state index >= 15 is 4.39 Å². The molecule has 13 nitrogen and oxygen atoms in total. The lowest BCUT2D eigenvalue weighted by molar-refractivity contribution is -0.0352. The first-order chi connectivity index (χ1) is 16.8. The monoisotopic (exact) mass is 571 g/mol. The molecule has 202 valence electrons. The molecule has 1 aliphatic heterocycles. The molecule has 4 atom stereocenters. The molecular formula is C19H29ClFN5O8P2. The van der Waals surface area contributed by atoms with E-state index in [1.165, 1.54) is 6.08 Å². The van der Waals surface area contributed by atoms with Gasteiger partial charge in [-0.3, -0.25) is 13.7 Å². The fourth-order valence-corrected chi connectivity index (χ4v) is 6.59. The highest BCUT2D eigenvalue weighted by atomic mass is 35.5. The number of hydrogen-bond acceptors (Lipinski definition) is 9. The molecule has 1 fully saturated rings. The fraction of sp³-hybridized carbons (Fsp3) is 0.632. The summed E-state index contributed by atoms with van der Waals surface area (Å²) in [6.07, 6.45) is -0.624. The van der Waals surface area contributed by atoms with Crippen molar-refractivity contribution in [3.63, 3.8) is 0 Å². The summed E-state index contributed by atoms with van der Waals surface area (Å²) >= 11 is 6.09. The average Bonchev–Trinajstić information content (AvgIpc) is 3.22. The number of aliphatic hydroxyl groups excluding tert-OH is 2. The smallest absolute Gasteiger partial charge is 0.340 e. The first-order valence-corrected chi connectivity index (χ1v) is 15.1. The molecule has 1 saturated heterocycles. The molecule has 3 rings (SSSR count). The van der Waals surface area contributed by atoms with Crippen LogP contribution < -0.4 is 4.90 Å². The highest BCUT2D eigenvalue weighted by molar-refractivity contribution is 7.70. The number of rotatable bonds is 11. The SMILES string of the molecule is CC/C=C(/COP(=O)(O)CP(=O)(O)O)[C@@H](O)[C@H](F)[C@@H](O)n1cnc2c(N3CCCCC3)nc(Cl)nc21. The standard InChI is InChI=1S/C19H29ClFN5O8P2/c1-2-6-12(9-34-36(32,33)11-35(29,30)31)15(27)13(21)18(28)26-10-22-14-16(23-19(20)24-17(14)26)25-7-4-3-5-8-25/h6,10,13,15,18,27-28H,2-5,7-9,11H2,1H3,(H,32,33)(H2,29,30,31)/b12-6-/t13-,15+,18+/m0/s1. The largest absolute Gasteiger partial charge is 0.385 e. The van der Waals surface area contributed by atoms with Crippen LogP contribution in [0.3, 0.4) is 0 Å². The number of anilines is 1. The summed E-state index contributed by atoms with van der Waals surface area (Å²) < 4.78 is 44.0. The Kier molecular flexibility index (Phi) is 9.64. The van der Waals surface area contributed by atoms with E-state index in [0.29, 0.717) is 11.3 Å². The molecule has 0 bridgehead atoms. The summed E-state index contributed by atoms with van der Waals surface area (Å²) in [7, 11) is -9.61. The molecule has 5 N–H and O–H groups in total. The summed E-state index contributed by atoms with van der Waals surface area (Å²) in [6.45, 7) is 2.30. The number of aromatic nitrogens is 4. The van der Waals surface area contributed by atoms with Crippen LogP contribution in [0.5, 0.6) is 0 Å². The van der Waals surface area contributed by atoms with Gasteiger partial charge in [-0.05, 0) is 42.9 Å². The molecule has 17 heteroatoms. The Labute approximate surface area is 211 Å². The van der Waals surface area contributed by atoms with Gasteiger partial charge in [0.2, 0.25) is 5.28 Å². The van der Waals surface area contributed by atoms with Crippen LogP contribution in [0.1, 0.15) is 38.8 Å². The van der Waals surface area contributed by atoms with Gasteiger partial charge < -0.3 is 34.3 Å². The molecule has 1 aliphatic rings. The van der Waals surface area contributed by atoms with Crippen LogP contribution in [0.15, 0.2) is 18.0 Å². The second-order valence-electron chi connectivity index (χ2n) is 8.40. The summed E-state index contributed by atoms with van der Waals surface area (Å²) in [5.74, 6) is -0.979. The fourth-order valence-electron chi connectivity index (χ4n) is 3.89. The third kappa shape index (κ3) is 7.31. The Bertz CT molecular complexity index is 1190.